The van der Waals surface area contributed by atoms with Crippen molar-refractivity contribution in [3.05, 3.63) is 84.1 Å². The summed E-state index contributed by atoms with van der Waals surface area (Å²) in [6.45, 7) is 12.7. The van der Waals surface area contributed by atoms with Crippen LogP contribution in [0.5, 0.6) is 0 Å². The van der Waals surface area contributed by atoms with Crippen molar-refractivity contribution in [3.63, 3.8) is 0 Å². The van der Waals surface area contributed by atoms with Crippen LogP contribution in [0.2, 0.25) is 0 Å². The van der Waals surface area contributed by atoms with E-state index in [0.29, 0.717) is 23.1 Å². The molecule has 1 aromatic carbocycles. The monoisotopic (exact) mass is 408 g/mol. The molecule has 160 valence electrons. The summed E-state index contributed by atoms with van der Waals surface area (Å²) in [5.74, 6) is 0.928. The van der Waals surface area contributed by atoms with Gasteiger partial charge in [0.15, 0.2) is 0 Å². The zero-order valence-electron chi connectivity index (χ0n) is 18.0. The van der Waals surface area contributed by atoms with E-state index in [2.05, 4.69) is 29.5 Å². The summed E-state index contributed by atoms with van der Waals surface area (Å²) in [4.78, 5) is 3.53. The van der Waals surface area contributed by atoms with Crippen LogP contribution in [0.15, 0.2) is 61.5 Å². The Morgan fingerprint density at radius 1 is 1.37 bits per heavy atom. The van der Waals surface area contributed by atoms with E-state index < -0.39 is 0 Å². The number of nitrogens with two attached hydrogens (primary N) is 1. The Morgan fingerprint density at radius 2 is 2.13 bits per heavy atom. The molecule has 4 nitrogen and oxygen atoms in total. The van der Waals surface area contributed by atoms with Crippen LogP contribution in [0.4, 0.5) is 10.1 Å². The summed E-state index contributed by atoms with van der Waals surface area (Å²) in [7, 11) is 0. The molecule has 2 unspecified atom stereocenters. The first-order valence-corrected chi connectivity index (χ1v) is 10.4. The lowest BCUT2D eigenvalue weighted by Gasteiger charge is -2.20. The van der Waals surface area contributed by atoms with E-state index in [4.69, 9.17) is 11.1 Å². The van der Waals surface area contributed by atoms with Crippen molar-refractivity contribution in [2.45, 2.75) is 45.6 Å². The maximum atomic E-state index is 12.7. The van der Waals surface area contributed by atoms with Crippen molar-refractivity contribution in [2.24, 2.45) is 11.8 Å². The topological polar surface area (TPSA) is 74.8 Å². The molecule has 2 atom stereocenters. The van der Waals surface area contributed by atoms with E-state index in [1.165, 1.54) is 31.7 Å². The molecule has 1 fully saturated rings. The van der Waals surface area contributed by atoms with Crippen LogP contribution in [-0.2, 0) is 6.54 Å². The number of nitrogens with zero attached hydrogens (tertiary/aromatic N) is 1. The third kappa shape index (κ3) is 6.28. The fraction of sp³-hybridized carbons (Fsp3) is 0.360. The van der Waals surface area contributed by atoms with Gasteiger partial charge in [-0.3, -0.25) is 0 Å². The highest BCUT2D eigenvalue weighted by atomic mass is 19.1. The van der Waals surface area contributed by atoms with E-state index in [-0.39, 0.29) is 11.9 Å². The summed E-state index contributed by atoms with van der Waals surface area (Å²) in [6, 6.07) is 9.30. The Bertz CT molecular complexity index is 875. The minimum atomic E-state index is -0.350. The van der Waals surface area contributed by atoms with Gasteiger partial charge in [0.1, 0.15) is 0 Å². The lowest BCUT2D eigenvalue weighted by Crippen LogP contribution is -2.21. The predicted octanol–water partition coefficient (Wildman–Crippen LogP) is 5.82. The number of halogens is 1. The molecule has 4 N–H and O–H groups in total. The molecular weight excluding hydrogens is 375 g/mol. The van der Waals surface area contributed by atoms with Crippen LogP contribution in [0.1, 0.15) is 55.7 Å². The number of anilines is 1. The normalized spacial score (nSPS) is 17.7. The first-order valence-electron chi connectivity index (χ1n) is 10.4. The Morgan fingerprint density at radius 3 is 2.70 bits per heavy atom. The van der Waals surface area contributed by atoms with Gasteiger partial charge in [0.2, 0.25) is 5.95 Å². The molecule has 0 bridgehead atoms. The Hall–Kier alpha value is -2.95. The number of nitrogens with one attached hydrogen (secondary N) is 2. The van der Waals surface area contributed by atoms with Gasteiger partial charge in [0, 0.05) is 47.4 Å². The van der Waals surface area contributed by atoms with Gasteiger partial charge in [-0.05, 0) is 42.4 Å². The molecule has 0 radical (unpaired) electrons. The molecule has 0 amide bonds. The molecule has 2 aromatic rings. The molecule has 0 aliphatic heterocycles. The summed E-state index contributed by atoms with van der Waals surface area (Å²) in [5, 5.41) is 10.7. The molecular formula is C25H33FN4. The van der Waals surface area contributed by atoms with Gasteiger partial charge in [0.05, 0.1) is 0 Å². The fourth-order valence-electron chi connectivity index (χ4n) is 3.74. The van der Waals surface area contributed by atoms with Crippen molar-refractivity contribution in [3.8, 4) is 0 Å². The van der Waals surface area contributed by atoms with E-state index >= 15 is 0 Å². The molecule has 1 aliphatic carbocycles. The van der Waals surface area contributed by atoms with Crippen LogP contribution in [0, 0.1) is 23.2 Å². The highest BCUT2D eigenvalue weighted by molar-refractivity contribution is 5.84. The van der Waals surface area contributed by atoms with Gasteiger partial charge in [-0.25, -0.2) is 4.98 Å². The van der Waals surface area contributed by atoms with E-state index in [1.807, 2.05) is 32.0 Å². The Labute approximate surface area is 179 Å². The second kappa shape index (κ2) is 11.3. The van der Waals surface area contributed by atoms with E-state index in [1.54, 1.807) is 12.1 Å². The number of hydrogen-bond acceptors (Lipinski definition) is 4. The first kappa shape index (κ1) is 23.3. The second-order valence-corrected chi connectivity index (χ2v) is 7.96. The van der Waals surface area contributed by atoms with Crippen molar-refractivity contribution in [1.29, 1.82) is 5.41 Å². The minimum absolute atomic E-state index is 0.216. The van der Waals surface area contributed by atoms with Crippen LogP contribution >= 0.6 is 0 Å². The largest absolute Gasteiger partial charge is 0.398 e. The number of pyridine rings is 1. The number of allylic oxidation sites excluding steroid dienone is 2. The summed E-state index contributed by atoms with van der Waals surface area (Å²) in [6.07, 6.45) is 8.46. The first-order chi connectivity index (χ1) is 14.4. The minimum Gasteiger partial charge on any atom is -0.398 e. The van der Waals surface area contributed by atoms with Crippen LogP contribution in [-0.4, -0.2) is 11.2 Å². The van der Waals surface area contributed by atoms with Gasteiger partial charge in [-0.2, -0.15) is 4.39 Å². The number of benzene rings is 1. The highest BCUT2D eigenvalue weighted by Crippen LogP contribution is 2.36. The third-order valence-corrected chi connectivity index (χ3v) is 5.56. The second-order valence-electron chi connectivity index (χ2n) is 7.96. The Kier molecular flexibility index (Phi) is 8.78. The van der Waals surface area contributed by atoms with Crippen molar-refractivity contribution in [2.75, 3.05) is 5.73 Å². The summed E-state index contributed by atoms with van der Waals surface area (Å²) >= 11 is 0. The predicted molar refractivity (Wildman–Crippen MR) is 124 cm³/mol. The number of hydrogen-bond donors (Lipinski definition) is 3. The standard InChI is InChI=1S/C17H23N3.C8H10FN/c1-3-14-5-4-6-16(14)12(2)20-11-13-7-8-15(10-18)17(19)9-13;1-6(2)7-4-3-5-10-8(7)9/h3,7-10,14,16,18,20H,1-2,4-6,11,19H2;3-6H,1-2H3. The maximum absolute atomic E-state index is 12.7. The van der Waals surface area contributed by atoms with E-state index in [9.17, 15) is 4.39 Å². The maximum Gasteiger partial charge on any atom is 0.216 e. The molecule has 1 aromatic heterocycles. The van der Waals surface area contributed by atoms with Crippen molar-refractivity contribution >= 4 is 11.9 Å². The lowest BCUT2D eigenvalue weighted by atomic mass is 9.93. The summed E-state index contributed by atoms with van der Waals surface area (Å²) < 4.78 is 12.7. The average Bonchev–Trinajstić information content (AvgIpc) is 3.22. The molecule has 0 spiro atoms. The lowest BCUT2D eigenvalue weighted by molar-refractivity contribution is 0.494. The fourth-order valence-corrected chi connectivity index (χ4v) is 3.74. The Balaban J connectivity index is 0.000000269. The van der Waals surface area contributed by atoms with Gasteiger partial charge in [0.25, 0.3) is 0 Å². The van der Waals surface area contributed by atoms with Crippen molar-refractivity contribution < 1.29 is 4.39 Å². The summed E-state index contributed by atoms with van der Waals surface area (Å²) in [5.41, 5.74) is 10.2. The zero-order valence-corrected chi connectivity index (χ0v) is 18.0. The molecule has 0 saturated heterocycles. The van der Waals surface area contributed by atoms with Gasteiger partial charge >= 0.3 is 0 Å². The highest BCUT2D eigenvalue weighted by Gasteiger charge is 2.26. The average molecular weight is 409 g/mol. The molecule has 30 heavy (non-hydrogen) atoms. The van der Waals surface area contributed by atoms with Crippen LogP contribution in [0.25, 0.3) is 0 Å². The number of rotatable bonds is 7. The molecule has 3 rings (SSSR count). The SMILES string of the molecule is C=CC1CCCC1C(=C)NCc1ccc(C=N)c(N)c1.CC(C)c1cccnc1F. The van der Waals surface area contributed by atoms with Crippen LogP contribution in [0.3, 0.4) is 0 Å². The molecule has 1 saturated carbocycles. The van der Waals surface area contributed by atoms with E-state index in [0.717, 1.165) is 23.4 Å². The molecule has 1 heterocycles. The molecule has 1 aliphatic rings. The number of aromatic nitrogens is 1. The smallest absolute Gasteiger partial charge is 0.216 e. The molecule has 5 heteroatoms. The van der Waals surface area contributed by atoms with Crippen molar-refractivity contribution in [1.82, 2.24) is 10.3 Å². The van der Waals surface area contributed by atoms with Gasteiger partial charge in [-0.1, -0.05) is 51.1 Å². The zero-order chi connectivity index (χ0) is 22.1. The van der Waals surface area contributed by atoms with Gasteiger partial charge < -0.3 is 16.5 Å². The van der Waals surface area contributed by atoms with Gasteiger partial charge in [-0.15, -0.1) is 6.58 Å². The van der Waals surface area contributed by atoms with Crippen LogP contribution < -0.4 is 11.1 Å². The third-order valence-electron chi connectivity index (χ3n) is 5.56. The number of nitrogen functional groups attached to an aromatic ring is 1. The quantitative estimate of drug-likeness (QED) is 0.234.